The van der Waals surface area contributed by atoms with Crippen LogP contribution in [0.15, 0.2) is 59.5 Å². The molecule has 4 rings (SSSR count). The fourth-order valence-electron chi connectivity index (χ4n) is 4.07. The summed E-state index contributed by atoms with van der Waals surface area (Å²) in [5, 5.41) is 13.2. The lowest BCUT2D eigenvalue weighted by atomic mass is 9.98. The summed E-state index contributed by atoms with van der Waals surface area (Å²) in [6.45, 7) is 6.60. The van der Waals surface area contributed by atoms with E-state index in [9.17, 15) is 14.7 Å². The highest BCUT2D eigenvalue weighted by molar-refractivity contribution is 7.10. The Morgan fingerprint density at radius 2 is 1.64 bits per heavy atom. The van der Waals surface area contributed by atoms with Crippen LogP contribution in [-0.4, -0.2) is 37.6 Å². The largest absolute Gasteiger partial charge is 0.507 e. The van der Waals surface area contributed by atoms with E-state index in [1.165, 1.54) is 30.5 Å². The molecule has 1 aliphatic rings. The fraction of sp³-hybridized carbons (Fsp3) is 0.286. The molecule has 1 amide bonds. The first kappa shape index (κ1) is 25.3. The zero-order chi connectivity index (χ0) is 26.0. The van der Waals surface area contributed by atoms with Crippen molar-refractivity contribution in [2.45, 2.75) is 26.8 Å². The summed E-state index contributed by atoms with van der Waals surface area (Å²) in [7, 11) is 3.03. The maximum absolute atomic E-state index is 13.4. The lowest BCUT2D eigenvalue weighted by Gasteiger charge is -2.25. The van der Waals surface area contributed by atoms with Crippen molar-refractivity contribution in [1.82, 2.24) is 0 Å². The predicted molar refractivity (Wildman–Crippen MR) is 140 cm³/mol. The van der Waals surface area contributed by atoms with Crippen LogP contribution in [0.25, 0.3) is 5.76 Å². The minimum absolute atomic E-state index is 0.0307. The van der Waals surface area contributed by atoms with Crippen LogP contribution in [0.5, 0.6) is 17.2 Å². The second kappa shape index (κ2) is 10.5. The zero-order valence-corrected chi connectivity index (χ0v) is 21.7. The first-order chi connectivity index (χ1) is 17.2. The van der Waals surface area contributed by atoms with Crippen LogP contribution >= 0.6 is 11.3 Å². The van der Waals surface area contributed by atoms with Gasteiger partial charge in [0.15, 0.2) is 0 Å². The Hall–Kier alpha value is -3.78. The normalized spacial score (nSPS) is 17.1. The summed E-state index contributed by atoms with van der Waals surface area (Å²) >= 11 is 1.42. The lowest BCUT2D eigenvalue weighted by Crippen LogP contribution is -2.29. The number of benzene rings is 2. The van der Waals surface area contributed by atoms with Crippen LogP contribution in [-0.2, 0) is 9.59 Å². The van der Waals surface area contributed by atoms with E-state index in [2.05, 4.69) is 13.8 Å². The van der Waals surface area contributed by atoms with Crippen molar-refractivity contribution < 1.29 is 28.9 Å². The Morgan fingerprint density at radius 1 is 1.00 bits per heavy atom. The van der Waals surface area contributed by atoms with Crippen molar-refractivity contribution in [2.24, 2.45) is 5.92 Å². The minimum atomic E-state index is -0.807. The number of ether oxygens (including phenoxy) is 3. The summed E-state index contributed by atoms with van der Waals surface area (Å²) in [6, 6.07) is 13.0. The first-order valence-corrected chi connectivity index (χ1v) is 12.4. The summed E-state index contributed by atoms with van der Waals surface area (Å²) in [6.07, 6.45) is 0. The number of aliphatic hydroxyl groups excluding tert-OH is 1. The number of carbonyl (C=O) groups is 2. The molecule has 3 aromatic rings. The van der Waals surface area contributed by atoms with Gasteiger partial charge in [-0.05, 0) is 54.1 Å². The third-order valence-electron chi connectivity index (χ3n) is 5.92. The highest BCUT2D eigenvalue weighted by Crippen LogP contribution is 2.46. The molecule has 1 fully saturated rings. The standard InChI is InChI=1S/C28H29NO6S/c1-16(2)15-35-20-8-6-18(7-9-20)25(30)23-24(27-17(3)10-11-36-27)29(28(32)26(23)31)19-12-21(33-4)14-22(13-19)34-5/h6-14,16,24,30H,15H2,1-5H3/b25-23-. The van der Waals surface area contributed by atoms with Gasteiger partial charge in [0.1, 0.15) is 29.0 Å². The molecule has 0 bridgehead atoms. The van der Waals surface area contributed by atoms with Gasteiger partial charge in [-0.3, -0.25) is 14.5 Å². The zero-order valence-electron chi connectivity index (χ0n) is 20.9. The number of amides is 1. The molecule has 0 radical (unpaired) electrons. The van der Waals surface area contributed by atoms with Gasteiger partial charge in [0, 0.05) is 28.6 Å². The smallest absolute Gasteiger partial charge is 0.300 e. The number of hydrogen-bond donors (Lipinski definition) is 1. The number of thiophene rings is 1. The molecule has 0 aliphatic carbocycles. The maximum atomic E-state index is 13.4. The van der Waals surface area contributed by atoms with Gasteiger partial charge in [0.2, 0.25) is 0 Å². The van der Waals surface area contributed by atoms with Crippen LogP contribution in [0.2, 0.25) is 0 Å². The third-order valence-corrected chi connectivity index (χ3v) is 6.99. The molecule has 1 aliphatic heterocycles. The molecule has 1 atom stereocenters. The Bertz CT molecular complexity index is 1290. The van der Waals surface area contributed by atoms with Crippen molar-refractivity contribution in [3.05, 3.63) is 75.5 Å². The van der Waals surface area contributed by atoms with Crippen LogP contribution in [0.4, 0.5) is 5.69 Å². The summed E-state index contributed by atoms with van der Waals surface area (Å²) in [5.41, 5.74) is 1.80. The van der Waals surface area contributed by atoms with Gasteiger partial charge < -0.3 is 19.3 Å². The number of Topliss-reactive ketones (excluding diaryl/α,β-unsaturated/α-hetero) is 1. The van der Waals surface area contributed by atoms with Crippen LogP contribution < -0.4 is 19.1 Å². The average molecular weight is 508 g/mol. The van der Waals surface area contributed by atoms with Crippen molar-refractivity contribution in [3.63, 3.8) is 0 Å². The minimum Gasteiger partial charge on any atom is -0.507 e. The summed E-state index contributed by atoms with van der Waals surface area (Å²) in [4.78, 5) is 29.0. The first-order valence-electron chi connectivity index (χ1n) is 11.6. The predicted octanol–water partition coefficient (Wildman–Crippen LogP) is 5.73. The van der Waals surface area contributed by atoms with Crippen molar-refractivity contribution in [1.29, 1.82) is 0 Å². The van der Waals surface area contributed by atoms with E-state index in [0.29, 0.717) is 41.0 Å². The summed E-state index contributed by atoms with van der Waals surface area (Å²) < 4.78 is 16.5. The average Bonchev–Trinajstić information content (AvgIpc) is 3.42. The molecule has 188 valence electrons. The molecule has 1 N–H and O–H groups in total. The van der Waals surface area contributed by atoms with Crippen molar-refractivity contribution in [2.75, 3.05) is 25.7 Å². The number of aliphatic hydroxyl groups is 1. The second-order valence-electron chi connectivity index (χ2n) is 8.94. The Morgan fingerprint density at radius 3 is 2.17 bits per heavy atom. The molecular weight excluding hydrogens is 478 g/mol. The molecule has 8 heteroatoms. The number of methoxy groups -OCH3 is 2. The van der Waals surface area contributed by atoms with Gasteiger partial charge in [0.05, 0.1) is 32.1 Å². The van der Waals surface area contributed by atoms with E-state index in [-0.39, 0.29) is 11.3 Å². The Balaban J connectivity index is 1.84. The van der Waals surface area contributed by atoms with E-state index in [0.717, 1.165) is 10.4 Å². The number of carbonyl (C=O) groups excluding carboxylic acids is 2. The summed E-state index contributed by atoms with van der Waals surface area (Å²) in [5.74, 6) is 0.260. The Labute approximate surface area is 214 Å². The Kier molecular flexibility index (Phi) is 7.35. The molecular formula is C28H29NO6S. The van der Waals surface area contributed by atoms with E-state index >= 15 is 0 Å². The molecule has 0 spiro atoms. The topological polar surface area (TPSA) is 85.3 Å². The number of rotatable bonds is 8. The van der Waals surface area contributed by atoms with Gasteiger partial charge in [0.25, 0.3) is 11.7 Å². The van der Waals surface area contributed by atoms with Crippen molar-refractivity contribution in [3.8, 4) is 17.2 Å². The van der Waals surface area contributed by atoms with Crippen molar-refractivity contribution >= 4 is 34.5 Å². The highest BCUT2D eigenvalue weighted by atomic mass is 32.1. The van der Waals surface area contributed by atoms with Crippen LogP contribution in [0.1, 0.15) is 35.9 Å². The van der Waals surface area contributed by atoms with Gasteiger partial charge in [-0.15, -0.1) is 11.3 Å². The van der Waals surface area contributed by atoms with Crippen LogP contribution in [0.3, 0.4) is 0 Å². The van der Waals surface area contributed by atoms with E-state index in [1.807, 2.05) is 18.4 Å². The fourth-order valence-corrected chi connectivity index (χ4v) is 5.10. The second-order valence-corrected chi connectivity index (χ2v) is 9.88. The molecule has 36 heavy (non-hydrogen) atoms. The number of nitrogens with zero attached hydrogens (tertiary/aromatic N) is 1. The number of aryl methyl sites for hydroxylation is 1. The molecule has 0 saturated carbocycles. The van der Waals surface area contributed by atoms with Gasteiger partial charge in [-0.1, -0.05) is 13.8 Å². The molecule has 1 saturated heterocycles. The molecule has 2 aromatic carbocycles. The maximum Gasteiger partial charge on any atom is 0.300 e. The molecule has 1 aromatic heterocycles. The SMILES string of the molecule is COc1cc(OC)cc(N2C(=O)C(=O)/C(=C(\O)c3ccc(OCC(C)C)cc3)C2c2sccc2C)c1. The van der Waals surface area contributed by atoms with Gasteiger partial charge in [-0.2, -0.15) is 0 Å². The van der Waals surface area contributed by atoms with Gasteiger partial charge >= 0.3 is 0 Å². The lowest BCUT2D eigenvalue weighted by molar-refractivity contribution is -0.132. The van der Waals surface area contributed by atoms with E-state index < -0.39 is 17.7 Å². The van der Waals surface area contributed by atoms with E-state index in [4.69, 9.17) is 14.2 Å². The molecule has 1 unspecified atom stereocenters. The number of hydrogen-bond acceptors (Lipinski definition) is 7. The highest BCUT2D eigenvalue weighted by Gasteiger charge is 2.48. The van der Waals surface area contributed by atoms with E-state index in [1.54, 1.807) is 42.5 Å². The number of ketones is 1. The molecule has 7 nitrogen and oxygen atoms in total. The van der Waals surface area contributed by atoms with Gasteiger partial charge in [-0.25, -0.2) is 0 Å². The van der Waals surface area contributed by atoms with Crippen LogP contribution in [0, 0.1) is 12.8 Å². The monoisotopic (exact) mass is 507 g/mol. The quantitative estimate of drug-likeness (QED) is 0.238. The number of anilines is 1. The molecule has 2 heterocycles. The third kappa shape index (κ3) is 4.81.